The molecule has 0 fully saturated rings. The van der Waals surface area contributed by atoms with E-state index in [1.165, 1.54) is 5.56 Å². The van der Waals surface area contributed by atoms with Crippen molar-refractivity contribution >= 4 is 11.9 Å². The Morgan fingerprint density at radius 2 is 1.81 bits per heavy atom. The van der Waals surface area contributed by atoms with Gasteiger partial charge in [0, 0.05) is 6.42 Å². The first-order valence-corrected chi connectivity index (χ1v) is 7.43. The van der Waals surface area contributed by atoms with Crippen molar-refractivity contribution in [2.45, 2.75) is 58.4 Å². The zero-order valence-electron chi connectivity index (χ0n) is 13.3. The van der Waals surface area contributed by atoms with Gasteiger partial charge in [-0.05, 0) is 38.2 Å². The van der Waals surface area contributed by atoms with Crippen molar-refractivity contribution in [2.75, 3.05) is 0 Å². The standard InChI is InChI=1S/C17H25NO3/c1-5-13(14-9-7-12(3)8-10-14)11-15(19)18-17(4,6-2)16(20)21/h7-10,13H,5-6,11H2,1-4H3,(H,18,19)(H,20,21). The van der Waals surface area contributed by atoms with Crippen LogP contribution in [-0.4, -0.2) is 22.5 Å². The lowest BCUT2D eigenvalue weighted by Gasteiger charge is -2.26. The Bertz CT molecular complexity index is 495. The molecule has 1 aromatic carbocycles. The van der Waals surface area contributed by atoms with Gasteiger partial charge in [-0.25, -0.2) is 4.79 Å². The molecule has 0 bridgehead atoms. The molecule has 116 valence electrons. The Kier molecular flexibility index (Phi) is 5.94. The van der Waals surface area contributed by atoms with Gasteiger partial charge in [0.2, 0.25) is 5.91 Å². The number of carboxylic acid groups (broad SMARTS) is 1. The Morgan fingerprint density at radius 1 is 1.24 bits per heavy atom. The van der Waals surface area contributed by atoms with Gasteiger partial charge in [-0.3, -0.25) is 4.79 Å². The number of hydrogen-bond donors (Lipinski definition) is 2. The fourth-order valence-corrected chi connectivity index (χ4v) is 2.21. The summed E-state index contributed by atoms with van der Waals surface area (Å²) in [5.74, 6) is -1.10. The van der Waals surface area contributed by atoms with E-state index in [4.69, 9.17) is 0 Å². The van der Waals surface area contributed by atoms with Crippen LogP contribution >= 0.6 is 0 Å². The van der Waals surface area contributed by atoms with Crippen molar-refractivity contribution in [1.29, 1.82) is 0 Å². The first-order chi connectivity index (χ1) is 9.82. The number of hydrogen-bond acceptors (Lipinski definition) is 2. The van der Waals surface area contributed by atoms with Crippen LogP contribution in [0.2, 0.25) is 0 Å². The van der Waals surface area contributed by atoms with E-state index < -0.39 is 11.5 Å². The van der Waals surface area contributed by atoms with Crippen molar-refractivity contribution in [1.82, 2.24) is 5.32 Å². The first kappa shape index (κ1) is 17.2. The fraction of sp³-hybridized carbons (Fsp3) is 0.529. The van der Waals surface area contributed by atoms with Crippen molar-refractivity contribution in [2.24, 2.45) is 0 Å². The summed E-state index contributed by atoms with van der Waals surface area (Å²) in [4.78, 5) is 23.4. The average molecular weight is 291 g/mol. The van der Waals surface area contributed by atoms with Gasteiger partial charge in [-0.2, -0.15) is 0 Å². The van der Waals surface area contributed by atoms with E-state index in [1.54, 1.807) is 13.8 Å². The topological polar surface area (TPSA) is 66.4 Å². The lowest BCUT2D eigenvalue weighted by Crippen LogP contribution is -2.51. The van der Waals surface area contributed by atoms with Gasteiger partial charge in [-0.15, -0.1) is 0 Å². The maximum atomic E-state index is 12.2. The number of carboxylic acids is 1. The van der Waals surface area contributed by atoms with Gasteiger partial charge >= 0.3 is 5.97 Å². The number of aryl methyl sites for hydroxylation is 1. The number of nitrogens with one attached hydrogen (secondary N) is 1. The highest BCUT2D eigenvalue weighted by Gasteiger charge is 2.33. The molecule has 0 saturated heterocycles. The highest BCUT2D eigenvalue weighted by Crippen LogP contribution is 2.24. The second kappa shape index (κ2) is 7.25. The third-order valence-electron chi connectivity index (χ3n) is 4.07. The van der Waals surface area contributed by atoms with Crippen LogP contribution in [-0.2, 0) is 9.59 Å². The molecule has 4 nitrogen and oxygen atoms in total. The molecule has 0 spiro atoms. The third kappa shape index (κ3) is 4.59. The quantitative estimate of drug-likeness (QED) is 0.810. The maximum absolute atomic E-state index is 12.2. The molecule has 4 heteroatoms. The number of aliphatic carboxylic acids is 1. The number of benzene rings is 1. The van der Waals surface area contributed by atoms with Crippen molar-refractivity contribution in [3.05, 3.63) is 35.4 Å². The Balaban J connectivity index is 2.75. The molecule has 2 atom stereocenters. The molecule has 2 unspecified atom stereocenters. The summed E-state index contributed by atoms with van der Waals surface area (Å²) in [6.07, 6.45) is 1.50. The second-order valence-electron chi connectivity index (χ2n) is 5.76. The fourth-order valence-electron chi connectivity index (χ4n) is 2.21. The second-order valence-corrected chi connectivity index (χ2v) is 5.76. The minimum Gasteiger partial charge on any atom is -0.480 e. The summed E-state index contributed by atoms with van der Waals surface area (Å²) in [6.45, 7) is 7.36. The normalized spacial score (nSPS) is 15.0. The molecule has 1 rings (SSSR count). The Hall–Kier alpha value is -1.84. The summed E-state index contributed by atoms with van der Waals surface area (Å²) < 4.78 is 0. The molecule has 0 aromatic heterocycles. The summed E-state index contributed by atoms with van der Waals surface area (Å²) in [7, 11) is 0. The minimum atomic E-state index is -1.19. The highest BCUT2D eigenvalue weighted by molar-refractivity contribution is 5.86. The Labute approximate surface area is 126 Å². The van der Waals surface area contributed by atoms with Gasteiger partial charge in [0.15, 0.2) is 0 Å². The minimum absolute atomic E-state index is 0.112. The van der Waals surface area contributed by atoms with Crippen molar-refractivity contribution < 1.29 is 14.7 Å². The molecule has 0 aliphatic heterocycles. The lowest BCUT2D eigenvalue weighted by atomic mass is 9.91. The first-order valence-electron chi connectivity index (χ1n) is 7.43. The van der Waals surface area contributed by atoms with Crippen LogP contribution in [0.25, 0.3) is 0 Å². The number of carbonyl (C=O) groups is 2. The molecular formula is C17H25NO3. The lowest BCUT2D eigenvalue weighted by molar-refractivity contribution is -0.147. The SMILES string of the molecule is CCC(CC(=O)NC(C)(CC)C(=O)O)c1ccc(C)cc1. The maximum Gasteiger partial charge on any atom is 0.329 e. The third-order valence-corrected chi connectivity index (χ3v) is 4.07. The summed E-state index contributed by atoms with van der Waals surface area (Å²) >= 11 is 0. The van der Waals surface area contributed by atoms with Crippen molar-refractivity contribution in [3.63, 3.8) is 0 Å². The predicted molar refractivity (Wildman–Crippen MR) is 83.3 cm³/mol. The van der Waals surface area contributed by atoms with Crippen LogP contribution in [0, 0.1) is 6.92 Å². The summed E-state index contributed by atoms with van der Waals surface area (Å²) in [5.41, 5.74) is 1.11. The van der Waals surface area contributed by atoms with Gasteiger partial charge in [0.25, 0.3) is 0 Å². The van der Waals surface area contributed by atoms with E-state index in [2.05, 4.69) is 5.32 Å². The molecule has 0 aliphatic rings. The van der Waals surface area contributed by atoms with Crippen LogP contribution in [0.4, 0.5) is 0 Å². The summed E-state index contributed by atoms with van der Waals surface area (Å²) in [6, 6.07) is 8.13. The van der Waals surface area contributed by atoms with E-state index in [1.807, 2.05) is 38.1 Å². The average Bonchev–Trinajstić information content (AvgIpc) is 2.45. The molecule has 21 heavy (non-hydrogen) atoms. The number of carbonyl (C=O) groups excluding carboxylic acids is 1. The smallest absolute Gasteiger partial charge is 0.329 e. The van der Waals surface area contributed by atoms with E-state index in [0.29, 0.717) is 12.8 Å². The van der Waals surface area contributed by atoms with E-state index in [-0.39, 0.29) is 11.8 Å². The van der Waals surface area contributed by atoms with E-state index in [0.717, 1.165) is 12.0 Å². The molecular weight excluding hydrogens is 266 g/mol. The van der Waals surface area contributed by atoms with Crippen LogP contribution in [0.15, 0.2) is 24.3 Å². The molecule has 0 radical (unpaired) electrons. The predicted octanol–water partition coefficient (Wildman–Crippen LogP) is 3.25. The van der Waals surface area contributed by atoms with E-state index >= 15 is 0 Å². The molecule has 0 heterocycles. The molecule has 0 aliphatic carbocycles. The molecule has 2 N–H and O–H groups in total. The largest absolute Gasteiger partial charge is 0.480 e. The van der Waals surface area contributed by atoms with Gasteiger partial charge in [0.05, 0.1) is 0 Å². The zero-order valence-corrected chi connectivity index (χ0v) is 13.3. The monoisotopic (exact) mass is 291 g/mol. The van der Waals surface area contributed by atoms with E-state index in [9.17, 15) is 14.7 Å². The molecule has 1 amide bonds. The highest BCUT2D eigenvalue weighted by atomic mass is 16.4. The number of amides is 1. The summed E-state index contributed by atoms with van der Waals surface area (Å²) in [5, 5.41) is 11.9. The number of rotatable bonds is 7. The van der Waals surface area contributed by atoms with Crippen LogP contribution in [0.5, 0.6) is 0 Å². The van der Waals surface area contributed by atoms with Crippen molar-refractivity contribution in [3.8, 4) is 0 Å². The van der Waals surface area contributed by atoms with Crippen LogP contribution < -0.4 is 5.32 Å². The molecule has 0 saturated carbocycles. The van der Waals surface area contributed by atoms with Crippen LogP contribution in [0.1, 0.15) is 57.1 Å². The van der Waals surface area contributed by atoms with Crippen LogP contribution in [0.3, 0.4) is 0 Å². The zero-order chi connectivity index (χ0) is 16.0. The van der Waals surface area contributed by atoms with Gasteiger partial charge in [0.1, 0.15) is 5.54 Å². The van der Waals surface area contributed by atoms with Gasteiger partial charge in [-0.1, -0.05) is 43.7 Å². The molecule has 1 aromatic rings. The Morgan fingerprint density at radius 3 is 2.24 bits per heavy atom. The van der Waals surface area contributed by atoms with Gasteiger partial charge < -0.3 is 10.4 Å².